The Morgan fingerprint density at radius 3 is 3.07 bits per heavy atom. The minimum absolute atomic E-state index is 0.00866. The van der Waals surface area contributed by atoms with E-state index in [0.29, 0.717) is 0 Å². The molecule has 0 aromatic heterocycles. The number of carbonyl (C=O) groups excluding carboxylic acids is 1. The summed E-state index contributed by atoms with van der Waals surface area (Å²) in [6.45, 7) is 0. The number of rotatable bonds is 1. The topological polar surface area (TPSA) is 64.3 Å². The van der Waals surface area contributed by atoms with Gasteiger partial charge in [0.1, 0.15) is 0 Å². The highest BCUT2D eigenvalue weighted by Gasteiger charge is 2.18. The fourth-order valence-electron chi connectivity index (χ4n) is 1.56. The molecule has 0 aromatic carbocycles. The molecule has 14 heavy (non-hydrogen) atoms. The lowest BCUT2D eigenvalue weighted by atomic mass is 9.98. The van der Waals surface area contributed by atoms with Crippen LogP contribution in [-0.4, -0.2) is 25.3 Å². The third-order valence-electron chi connectivity index (χ3n) is 2.43. The number of carbonyl (C=O) groups is 1. The van der Waals surface area contributed by atoms with Gasteiger partial charge < -0.3 is 15.8 Å². The zero-order valence-corrected chi connectivity index (χ0v) is 8.53. The maximum atomic E-state index is 11.0. The molecule has 0 heterocycles. The van der Waals surface area contributed by atoms with E-state index in [0.717, 1.165) is 19.3 Å². The van der Waals surface area contributed by atoms with Crippen LogP contribution in [0.1, 0.15) is 25.7 Å². The third-order valence-corrected chi connectivity index (χ3v) is 2.43. The monoisotopic (exact) mass is 198 g/mol. The highest BCUT2D eigenvalue weighted by atomic mass is 16.5. The van der Waals surface area contributed by atoms with Crippen molar-refractivity contribution in [1.82, 2.24) is 5.32 Å². The molecule has 4 heteroatoms. The van der Waals surface area contributed by atoms with E-state index >= 15 is 0 Å². The van der Waals surface area contributed by atoms with Gasteiger partial charge in [-0.25, -0.2) is 4.79 Å². The first-order valence-electron chi connectivity index (χ1n) is 5.01. The molecule has 0 aliphatic heterocycles. The van der Waals surface area contributed by atoms with Crippen molar-refractivity contribution >= 4 is 6.09 Å². The summed E-state index contributed by atoms with van der Waals surface area (Å²) in [5.74, 6) is 0. The molecule has 0 bridgehead atoms. The number of nitrogens with one attached hydrogen (secondary N) is 1. The second-order valence-corrected chi connectivity index (χ2v) is 3.54. The zero-order chi connectivity index (χ0) is 10.4. The number of hydrogen-bond donors (Lipinski definition) is 2. The number of allylic oxidation sites excluding steroid dienone is 1. The van der Waals surface area contributed by atoms with Gasteiger partial charge in [-0.3, -0.25) is 0 Å². The quantitative estimate of drug-likeness (QED) is 0.621. The first-order valence-corrected chi connectivity index (χ1v) is 5.01. The number of amides is 1. The van der Waals surface area contributed by atoms with Gasteiger partial charge in [-0.2, -0.15) is 0 Å². The van der Waals surface area contributed by atoms with Crippen LogP contribution in [-0.2, 0) is 4.74 Å². The van der Waals surface area contributed by atoms with E-state index in [-0.39, 0.29) is 12.1 Å². The van der Waals surface area contributed by atoms with Crippen molar-refractivity contribution in [3.05, 3.63) is 12.2 Å². The average molecular weight is 198 g/mol. The molecule has 0 spiro atoms. The Bertz CT molecular complexity index is 216. The summed E-state index contributed by atoms with van der Waals surface area (Å²) < 4.78 is 4.53. The molecule has 0 saturated carbocycles. The second-order valence-electron chi connectivity index (χ2n) is 3.54. The van der Waals surface area contributed by atoms with Crippen LogP contribution < -0.4 is 11.1 Å². The highest BCUT2D eigenvalue weighted by molar-refractivity contribution is 5.67. The van der Waals surface area contributed by atoms with Crippen molar-refractivity contribution in [3.63, 3.8) is 0 Å². The molecule has 0 radical (unpaired) electrons. The summed E-state index contributed by atoms with van der Waals surface area (Å²) in [5.41, 5.74) is 5.93. The number of ether oxygens (including phenoxy) is 1. The van der Waals surface area contributed by atoms with Gasteiger partial charge in [0.2, 0.25) is 0 Å². The van der Waals surface area contributed by atoms with Gasteiger partial charge in [-0.1, -0.05) is 18.6 Å². The molecule has 1 rings (SSSR count). The molecule has 0 aromatic rings. The van der Waals surface area contributed by atoms with Crippen molar-refractivity contribution < 1.29 is 9.53 Å². The van der Waals surface area contributed by atoms with Gasteiger partial charge in [0.25, 0.3) is 0 Å². The van der Waals surface area contributed by atoms with Crippen LogP contribution in [0.3, 0.4) is 0 Å². The van der Waals surface area contributed by atoms with E-state index in [1.165, 1.54) is 13.5 Å². The fraction of sp³-hybridized carbons (Fsp3) is 0.700. The number of methoxy groups -OCH3 is 1. The lowest BCUT2D eigenvalue weighted by molar-refractivity contribution is 0.167. The summed E-state index contributed by atoms with van der Waals surface area (Å²) in [7, 11) is 1.35. The van der Waals surface area contributed by atoms with Gasteiger partial charge in [0.05, 0.1) is 13.2 Å². The molecule has 1 unspecified atom stereocenters. The van der Waals surface area contributed by atoms with Crippen LogP contribution in [0.4, 0.5) is 4.79 Å². The predicted molar refractivity (Wildman–Crippen MR) is 54.9 cm³/mol. The molecule has 3 N–H and O–H groups in total. The Balaban J connectivity index is 2.52. The summed E-state index contributed by atoms with van der Waals surface area (Å²) in [6.07, 6.45) is 7.90. The van der Waals surface area contributed by atoms with Crippen LogP contribution in [0, 0.1) is 0 Å². The van der Waals surface area contributed by atoms with E-state index in [1.54, 1.807) is 0 Å². The van der Waals surface area contributed by atoms with Gasteiger partial charge in [-0.15, -0.1) is 0 Å². The molecule has 0 fully saturated rings. The molecule has 1 aliphatic carbocycles. The van der Waals surface area contributed by atoms with Crippen LogP contribution in [0.2, 0.25) is 0 Å². The predicted octanol–water partition coefficient (Wildman–Crippen LogP) is 1.17. The lowest BCUT2D eigenvalue weighted by Crippen LogP contribution is -2.46. The number of hydrogen-bond acceptors (Lipinski definition) is 3. The second kappa shape index (κ2) is 5.65. The summed E-state index contributed by atoms with van der Waals surface area (Å²) in [5, 5.41) is 2.71. The van der Waals surface area contributed by atoms with Gasteiger partial charge in [0.15, 0.2) is 0 Å². The zero-order valence-electron chi connectivity index (χ0n) is 8.53. The maximum absolute atomic E-state index is 11.0. The summed E-state index contributed by atoms with van der Waals surface area (Å²) >= 11 is 0. The largest absolute Gasteiger partial charge is 0.453 e. The average Bonchev–Trinajstić information content (AvgIpc) is 2.17. The Morgan fingerprint density at radius 1 is 1.57 bits per heavy atom. The van der Waals surface area contributed by atoms with E-state index in [9.17, 15) is 4.79 Å². The maximum Gasteiger partial charge on any atom is 0.407 e. The molecule has 0 saturated heterocycles. The Kier molecular flexibility index (Phi) is 4.46. The molecule has 1 amide bonds. The van der Waals surface area contributed by atoms with Crippen LogP contribution in [0.25, 0.3) is 0 Å². The van der Waals surface area contributed by atoms with Gasteiger partial charge in [0, 0.05) is 6.04 Å². The minimum atomic E-state index is -0.421. The first-order chi connectivity index (χ1) is 6.74. The fourth-order valence-corrected chi connectivity index (χ4v) is 1.56. The molecule has 1 aliphatic rings. The van der Waals surface area contributed by atoms with Gasteiger partial charge >= 0.3 is 6.09 Å². The molecule has 4 nitrogen and oxygen atoms in total. The third kappa shape index (κ3) is 3.38. The summed E-state index contributed by atoms with van der Waals surface area (Å²) in [6, 6.07) is -0.103. The van der Waals surface area contributed by atoms with E-state index in [2.05, 4.69) is 16.1 Å². The Hall–Kier alpha value is -1.03. The SMILES string of the molecule is COC(=O)NC1C=CCCCC[C@H]1N. The molecule has 80 valence electrons. The molecule has 2 atom stereocenters. The summed E-state index contributed by atoms with van der Waals surface area (Å²) in [4.78, 5) is 11.0. The smallest absolute Gasteiger partial charge is 0.407 e. The van der Waals surface area contributed by atoms with Crippen molar-refractivity contribution in [3.8, 4) is 0 Å². The minimum Gasteiger partial charge on any atom is -0.453 e. The van der Waals surface area contributed by atoms with Crippen molar-refractivity contribution in [2.24, 2.45) is 5.73 Å². The van der Waals surface area contributed by atoms with Crippen LogP contribution in [0.15, 0.2) is 12.2 Å². The van der Waals surface area contributed by atoms with E-state index in [4.69, 9.17) is 5.73 Å². The van der Waals surface area contributed by atoms with Crippen molar-refractivity contribution in [1.29, 1.82) is 0 Å². The molecular weight excluding hydrogens is 180 g/mol. The van der Waals surface area contributed by atoms with Crippen LogP contribution in [0.5, 0.6) is 0 Å². The van der Waals surface area contributed by atoms with E-state index < -0.39 is 6.09 Å². The van der Waals surface area contributed by atoms with E-state index in [1.807, 2.05) is 6.08 Å². The normalized spacial score (nSPS) is 27.6. The van der Waals surface area contributed by atoms with Crippen molar-refractivity contribution in [2.45, 2.75) is 37.8 Å². The van der Waals surface area contributed by atoms with Gasteiger partial charge in [-0.05, 0) is 19.3 Å². The molecular formula is C10H18N2O2. The Morgan fingerprint density at radius 2 is 2.36 bits per heavy atom. The standard InChI is InChI=1S/C10H18N2O2/c1-14-10(13)12-9-7-5-3-2-4-6-8(9)11/h5,7-9H,2-4,6,11H2,1H3,(H,12,13)/t8-,9?/m1/s1. The Labute approximate surface area is 84.5 Å². The first kappa shape index (κ1) is 11.0. The lowest BCUT2D eigenvalue weighted by Gasteiger charge is -2.23. The number of nitrogens with two attached hydrogens (primary N) is 1. The van der Waals surface area contributed by atoms with Crippen molar-refractivity contribution in [2.75, 3.05) is 7.11 Å². The highest BCUT2D eigenvalue weighted by Crippen LogP contribution is 2.11. The van der Waals surface area contributed by atoms with Crippen LogP contribution >= 0.6 is 0 Å². The number of alkyl carbamates (subject to hydrolysis) is 1.